The van der Waals surface area contributed by atoms with Crippen molar-refractivity contribution in [3.8, 4) is 28.7 Å². The number of para-hydroxylation sites is 1. The van der Waals surface area contributed by atoms with Gasteiger partial charge in [-0.15, -0.1) is 0 Å². The van der Waals surface area contributed by atoms with Crippen LogP contribution in [0, 0.1) is 36.5 Å². The largest absolute Gasteiger partial charge is 0.507 e. The molecule has 0 aromatic heterocycles. The quantitative estimate of drug-likeness (QED) is 0.0785. The fourth-order valence-corrected chi connectivity index (χ4v) is 10.2. The number of carbonyl (C=O) groups excluding carboxylic acids is 4. The van der Waals surface area contributed by atoms with E-state index in [9.17, 15) is 24.3 Å². The van der Waals surface area contributed by atoms with Gasteiger partial charge in [0.15, 0.2) is 0 Å². The first kappa shape index (κ1) is 41.9. The van der Waals surface area contributed by atoms with Gasteiger partial charge < -0.3 is 24.1 Å². The van der Waals surface area contributed by atoms with Gasteiger partial charge in [0.25, 0.3) is 0 Å². The molecular formula is C53H48N2O9. The summed E-state index contributed by atoms with van der Waals surface area (Å²) in [6, 6.07) is 30.9. The average Bonchev–Trinajstić information content (AvgIpc) is 3.73. The number of anilines is 2. The normalized spacial score (nSPS) is 22.7. The van der Waals surface area contributed by atoms with Crippen molar-refractivity contribution < 1.29 is 43.2 Å². The zero-order chi connectivity index (χ0) is 44.8. The molecule has 324 valence electrons. The number of allylic oxidation sites excluding steroid dienone is 2. The Balaban J connectivity index is 1.00. The van der Waals surface area contributed by atoms with Gasteiger partial charge in [0.1, 0.15) is 28.7 Å². The topological polar surface area (TPSA) is 132 Å². The lowest BCUT2D eigenvalue weighted by Gasteiger charge is -2.44. The number of phenolic OH excluding ortho intramolecular Hbond substituents is 1. The van der Waals surface area contributed by atoms with Gasteiger partial charge in [-0.1, -0.05) is 78.4 Å². The molecule has 6 atom stereocenters. The zero-order valence-electron chi connectivity index (χ0n) is 36.2. The number of fused-ring (bicyclic) bond motifs is 4. The van der Waals surface area contributed by atoms with Gasteiger partial charge in [-0.3, -0.25) is 29.0 Å². The second kappa shape index (κ2) is 17.0. The Kier molecular flexibility index (Phi) is 11.2. The predicted octanol–water partition coefficient (Wildman–Crippen LogP) is 9.12. The molecular weight excluding hydrogens is 809 g/mol. The molecule has 9 rings (SSSR count). The Bertz CT molecular complexity index is 2770. The van der Waals surface area contributed by atoms with Crippen molar-refractivity contribution >= 4 is 59.3 Å². The molecule has 0 radical (unpaired) electrons. The van der Waals surface area contributed by atoms with E-state index in [0.29, 0.717) is 51.9 Å². The number of ether oxygens (including phenoxy) is 4. The molecule has 64 heavy (non-hydrogen) atoms. The summed E-state index contributed by atoms with van der Waals surface area (Å²) in [6.07, 6.45) is 10.1. The van der Waals surface area contributed by atoms with E-state index in [2.05, 4.69) is 0 Å². The molecule has 11 heteroatoms. The number of carbonyl (C=O) groups is 4. The zero-order valence-corrected chi connectivity index (χ0v) is 36.2. The van der Waals surface area contributed by atoms with Crippen LogP contribution in [0.2, 0.25) is 0 Å². The number of hydrogen-bond donors (Lipinski definition) is 1. The van der Waals surface area contributed by atoms with Crippen molar-refractivity contribution in [1.82, 2.24) is 0 Å². The molecule has 4 amide bonds. The molecule has 2 heterocycles. The van der Waals surface area contributed by atoms with Crippen LogP contribution in [-0.2, 0) is 19.2 Å². The number of aromatic hydroxyl groups is 1. The molecule has 11 nitrogen and oxygen atoms in total. The highest BCUT2D eigenvalue weighted by Gasteiger charge is 2.62. The van der Waals surface area contributed by atoms with E-state index < -0.39 is 35.5 Å². The lowest BCUT2D eigenvalue weighted by molar-refractivity contribution is -0.126. The van der Waals surface area contributed by atoms with E-state index in [1.807, 2.05) is 97.1 Å². The summed E-state index contributed by atoms with van der Waals surface area (Å²) in [5.74, 6) is -2.71. The second-order valence-corrected chi connectivity index (χ2v) is 16.6. The van der Waals surface area contributed by atoms with Gasteiger partial charge in [-0.2, -0.15) is 0 Å². The fourth-order valence-electron chi connectivity index (χ4n) is 10.2. The Labute approximate surface area is 371 Å². The van der Waals surface area contributed by atoms with Crippen LogP contribution in [0.25, 0.3) is 24.3 Å². The molecule has 2 saturated heterocycles. The van der Waals surface area contributed by atoms with Gasteiger partial charge >= 0.3 is 0 Å². The predicted molar refractivity (Wildman–Crippen MR) is 245 cm³/mol. The number of aryl methyl sites for hydroxylation is 1. The minimum absolute atomic E-state index is 0.0480. The lowest BCUT2D eigenvalue weighted by atomic mass is 9.57. The Morgan fingerprint density at radius 1 is 0.562 bits per heavy atom. The van der Waals surface area contributed by atoms with Crippen LogP contribution in [0.3, 0.4) is 0 Å². The highest BCUT2D eigenvalue weighted by atomic mass is 16.5. The van der Waals surface area contributed by atoms with Crippen LogP contribution in [0.1, 0.15) is 52.1 Å². The van der Waals surface area contributed by atoms with Gasteiger partial charge in [0.2, 0.25) is 23.6 Å². The van der Waals surface area contributed by atoms with Gasteiger partial charge in [0, 0.05) is 22.6 Å². The van der Waals surface area contributed by atoms with Gasteiger partial charge in [-0.05, 0) is 103 Å². The maximum absolute atomic E-state index is 14.7. The Morgan fingerprint density at radius 2 is 1.08 bits per heavy atom. The molecule has 2 aliphatic carbocycles. The van der Waals surface area contributed by atoms with Gasteiger partial charge in [-0.25, -0.2) is 0 Å². The number of imide groups is 2. The summed E-state index contributed by atoms with van der Waals surface area (Å²) < 4.78 is 21.8. The minimum atomic E-state index is -0.819. The first-order valence-corrected chi connectivity index (χ1v) is 21.3. The number of methoxy groups -OCH3 is 4. The molecule has 3 fully saturated rings. The summed E-state index contributed by atoms with van der Waals surface area (Å²) in [5.41, 5.74) is 6.21. The van der Waals surface area contributed by atoms with Crippen molar-refractivity contribution in [1.29, 1.82) is 0 Å². The van der Waals surface area contributed by atoms with Crippen LogP contribution in [0.4, 0.5) is 11.4 Å². The third-order valence-corrected chi connectivity index (χ3v) is 13.3. The standard InChI is InChI=1S/C53H48N2O9/c1-30-7-6-8-40(49(30)56)46-39-23-24-41-47(52(59)54(50(41)57)35-17-11-31(12-18-35)9-15-33-27-37(61-2)21-25-44(33)63-4)42(39)29-43-48(46)53(60)55(51(43)58)36-19-13-32(14-20-36)10-16-34-28-38(62-3)22-26-45(34)64-5/h6-23,25-28,41-43,46-48,56H,24,29H2,1-5H3. The summed E-state index contributed by atoms with van der Waals surface area (Å²) in [5, 5.41) is 11.6. The highest BCUT2D eigenvalue weighted by Crippen LogP contribution is 2.59. The van der Waals surface area contributed by atoms with Crippen LogP contribution < -0.4 is 28.7 Å². The maximum atomic E-state index is 14.7. The van der Waals surface area contributed by atoms with E-state index >= 15 is 0 Å². The molecule has 6 unspecified atom stereocenters. The van der Waals surface area contributed by atoms with Crippen molar-refractivity contribution in [2.45, 2.75) is 25.7 Å². The van der Waals surface area contributed by atoms with Crippen molar-refractivity contribution in [3.63, 3.8) is 0 Å². The molecule has 0 spiro atoms. The number of benzene rings is 5. The van der Waals surface area contributed by atoms with Crippen molar-refractivity contribution in [2.24, 2.45) is 29.6 Å². The highest BCUT2D eigenvalue weighted by molar-refractivity contribution is 6.24. The monoisotopic (exact) mass is 856 g/mol. The number of phenols is 1. The van der Waals surface area contributed by atoms with E-state index in [-0.39, 0.29) is 35.8 Å². The first-order valence-electron chi connectivity index (χ1n) is 21.3. The van der Waals surface area contributed by atoms with E-state index in [0.717, 1.165) is 27.8 Å². The Morgan fingerprint density at radius 3 is 1.59 bits per heavy atom. The number of hydrogen-bond acceptors (Lipinski definition) is 9. The smallest absolute Gasteiger partial charge is 0.238 e. The lowest BCUT2D eigenvalue weighted by Crippen LogP contribution is -2.43. The maximum Gasteiger partial charge on any atom is 0.238 e. The second-order valence-electron chi connectivity index (χ2n) is 16.6. The molecule has 4 aliphatic rings. The van der Waals surface area contributed by atoms with Crippen LogP contribution in [-0.4, -0.2) is 57.2 Å². The molecule has 5 aromatic rings. The van der Waals surface area contributed by atoms with Gasteiger partial charge in [0.05, 0.1) is 63.5 Å². The number of nitrogens with zero attached hydrogens (tertiary/aromatic N) is 2. The summed E-state index contributed by atoms with van der Waals surface area (Å²) in [4.78, 5) is 60.9. The molecule has 1 N–H and O–H groups in total. The van der Waals surface area contributed by atoms with E-state index in [1.165, 1.54) is 9.80 Å². The SMILES string of the molecule is COc1ccc(OC)c(C=Cc2ccc(N3C(=O)C4CC=C5C(CC6C(=O)N(c7ccc(C=Cc8cc(OC)ccc8OC)cc7)C(=O)C6C5c5cccc(C)c5O)C4C3=O)cc2)c1. The number of rotatable bonds is 11. The van der Waals surface area contributed by atoms with Crippen molar-refractivity contribution in [3.05, 3.63) is 148 Å². The molecule has 0 bridgehead atoms. The molecule has 2 aliphatic heterocycles. The minimum Gasteiger partial charge on any atom is -0.507 e. The van der Waals surface area contributed by atoms with E-state index in [4.69, 9.17) is 18.9 Å². The Hall–Kier alpha value is -7.40. The fraction of sp³-hybridized carbons (Fsp3) is 0.245. The molecule has 1 saturated carbocycles. The van der Waals surface area contributed by atoms with Crippen molar-refractivity contribution in [2.75, 3.05) is 38.2 Å². The number of amides is 4. The third-order valence-electron chi connectivity index (χ3n) is 13.3. The summed E-state index contributed by atoms with van der Waals surface area (Å²) in [7, 11) is 6.42. The third kappa shape index (κ3) is 7.20. The van der Waals surface area contributed by atoms with E-state index in [1.54, 1.807) is 71.8 Å². The first-order chi connectivity index (χ1) is 31.0. The van der Waals surface area contributed by atoms with Crippen LogP contribution >= 0.6 is 0 Å². The average molecular weight is 857 g/mol. The van der Waals surface area contributed by atoms with Crippen LogP contribution in [0.5, 0.6) is 28.7 Å². The summed E-state index contributed by atoms with van der Waals surface area (Å²) in [6.45, 7) is 1.80. The molecule has 5 aromatic carbocycles. The van der Waals surface area contributed by atoms with Crippen LogP contribution in [0.15, 0.2) is 115 Å². The summed E-state index contributed by atoms with van der Waals surface area (Å²) >= 11 is 0.